The van der Waals surface area contributed by atoms with Gasteiger partial charge in [0.1, 0.15) is 5.75 Å². The van der Waals surface area contributed by atoms with Gasteiger partial charge in [-0.2, -0.15) is 0 Å². The second-order valence-corrected chi connectivity index (χ2v) is 4.11. The maximum absolute atomic E-state index is 11.7. The van der Waals surface area contributed by atoms with Gasteiger partial charge in [0, 0.05) is 6.92 Å². The van der Waals surface area contributed by atoms with Gasteiger partial charge in [0.2, 0.25) is 5.91 Å². The Hall–Kier alpha value is -2.04. The number of carbonyl (C=O) groups excluding carboxylic acids is 2. The zero-order valence-electron chi connectivity index (χ0n) is 11.6. The maximum atomic E-state index is 11.7. The molecule has 0 aromatic heterocycles. The smallest absolute Gasteiger partial charge is 0.333 e. The molecule has 0 aliphatic rings. The van der Waals surface area contributed by atoms with Crippen molar-refractivity contribution >= 4 is 11.9 Å². The summed E-state index contributed by atoms with van der Waals surface area (Å²) in [6, 6.07) is 4.54. The summed E-state index contributed by atoms with van der Waals surface area (Å²) in [5.41, 5.74) is 1.57. The Morgan fingerprint density at radius 3 is 2.53 bits per heavy atom. The summed E-state index contributed by atoms with van der Waals surface area (Å²) < 4.78 is 10.1. The monoisotopic (exact) mass is 265 g/mol. The first-order valence-electron chi connectivity index (χ1n) is 6.07. The number of methoxy groups -OCH3 is 1. The van der Waals surface area contributed by atoms with Crippen molar-refractivity contribution in [2.24, 2.45) is 0 Å². The number of ether oxygens (including phenoxy) is 2. The molecule has 0 fully saturated rings. The van der Waals surface area contributed by atoms with E-state index in [0.717, 1.165) is 11.3 Å². The van der Waals surface area contributed by atoms with Gasteiger partial charge in [-0.05, 0) is 37.1 Å². The molecule has 0 radical (unpaired) electrons. The van der Waals surface area contributed by atoms with Crippen LogP contribution in [0, 0.1) is 6.92 Å². The van der Waals surface area contributed by atoms with Crippen molar-refractivity contribution in [2.75, 3.05) is 13.7 Å². The first kappa shape index (κ1) is 15.0. The van der Waals surface area contributed by atoms with Crippen molar-refractivity contribution in [3.05, 3.63) is 29.3 Å². The molecule has 104 valence electrons. The van der Waals surface area contributed by atoms with Gasteiger partial charge < -0.3 is 14.8 Å². The number of rotatable bonds is 5. The Morgan fingerprint density at radius 1 is 1.37 bits per heavy atom. The van der Waals surface area contributed by atoms with Gasteiger partial charge in [-0.1, -0.05) is 6.07 Å². The number of nitrogens with one attached hydrogen (secondary N) is 1. The van der Waals surface area contributed by atoms with Crippen LogP contribution >= 0.6 is 0 Å². The molecule has 0 bridgehead atoms. The van der Waals surface area contributed by atoms with Gasteiger partial charge in [-0.3, -0.25) is 4.79 Å². The Kier molecular flexibility index (Phi) is 5.36. The largest absolute Gasteiger partial charge is 0.494 e. The molecule has 0 aliphatic heterocycles. The van der Waals surface area contributed by atoms with Gasteiger partial charge in [-0.25, -0.2) is 4.79 Å². The third-order valence-corrected chi connectivity index (χ3v) is 2.62. The Balaban J connectivity index is 3.05. The van der Waals surface area contributed by atoms with E-state index >= 15 is 0 Å². The van der Waals surface area contributed by atoms with Gasteiger partial charge in [0.25, 0.3) is 0 Å². The molecule has 1 aromatic rings. The number of benzene rings is 1. The number of hydrogen-bond acceptors (Lipinski definition) is 4. The number of amides is 1. The van der Waals surface area contributed by atoms with Crippen LogP contribution in [0.4, 0.5) is 0 Å². The molecule has 1 amide bonds. The lowest BCUT2D eigenvalue weighted by molar-refractivity contribution is -0.145. The molecular weight excluding hydrogens is 246 g/mol. The average molecular weight is 265 g/mol. The quantitative estimate of drug-likeness (QED) is 0.824. The lowest BCUT2D eigenvalue weighted by Gasteiger charge is -2.17. The fraction of sp³-hybridized carbons (Fsp3) is 0.429. The Morgan fingerprint density at radius 2 is 2.05 bits per heavy atom. The summed E-state index contributed by atoms with van der Waals surface area (Å²) in [6.45, 7) is 5.72. The fourth-order valence-electron chi connectivity index (χ4n) is 1.77. The Labute approximate surface area is 112 Å². The van der Waals surface area contributed by atoms with Crippen molar-refractivity contribution in [1.82, 2.24) is 5.32 Å². The van der Waals surface area contributed by atoms with Crippen LogP contribution in [0.2, 0.25) is 0 Å². The summed E-state index contributed by atoms with van der Waals surface area (Å²) in [6.07, 6.45) is 0. The van der Waals surface area contributed by atoms with E-state index in [4.69, 9.17) is 9.47 Å². The van der Waals surface area contributed by atoms with Crippen molar-refractivity contribution < 1.29 is 19.1 Å². The molecule has 1 aromatic carbocycles. The third kappa shape index (κ3) is 3.98. The van der Waals surface area contributed by atoms with E-state index in [1.54, 1.807) is 12.1 Å². The first-order valence-corrected chi connectivity index (χ1v) is 6.07. The zero-order valence-corrected chi connectivity index (χ0v) is 11.6. The Bertz CT molecular complexity index is 471. The van der Waals surface area contributed by atoms with Crippen LogP contribution in [0.3, 0.4) is 0 Å². The molecule has 5 heteroatoms. The molecule has 0 heterocycles. The predicted octanol–water partition coefficient (Wildman–Crippen LogP) is 1.74. The normalized spacial score (nSPS) is 11.6. The number of hydrogen-bond donors (Lipinski definition) is 1. The molecule has 1 N–H and O–H groups in total. The lowest BCUT2D eigenvalue weighted by Crippen LogP contribution is -2.32. The first-order chi connectivity index (χ1) is 8.99. The average Bonchev–Trinajstić information content (AvgIpc) is 2.37. The highest BCUT2D eigenvalue weighted by atomic mass is 16.5. The minimum Gasteiger partial charge on any atom is -0.494 e. The van der Waals surface area contributed by atoms with Crippen LogP contribution in [0.1, 0.15) is 31.0 Å². The summed E-state index contributed by atoms with van der Waals surface area (Å²) in [4.78, 5) is 22.9. The van der Waals surface area contributed by atoms with E-state index in [2.05, 4.69) is 5.32 Å². The topological polar surface area (TPSA) is 64.6 Å². The van der Waals surface area contributed by atoms with Crippen LogP contribution < -0.4 is 10.1 Å². The van der Waals surface area contributed by atoms with E-state index in [1.807, 2.05) is 19.9 Å². The molecule has 5 nitrogen and oxygen atoms in total. The third-order valence-electron chi connectivity index (χ3n) is 2.62. The van der Waals surface area contributed by atoms with Gasteiger partial charge in [0.05, 0.1) is 13.7 Å². The molecule has 0 saturated heterocycles. The second-order valence-electron chi connectivity index (χ2n) is 4.11. The summed E-state index contributed by atoms with van der Waals surface area (Å²) >= 11 is 0. The molecular formula is C14H19NO4. The molecule has 1 atom stereocenters. The molecule has 0 saturated carbocycles. The van der Waals surface area contributed by atoms with Crippen molar-refractivity contribution in [3.63, 3.8) is 0 Å². The molecule has 1 unspecified atom stereocenters. The van der Waals surface area contributed by atoms with Crippen molar-refractivity contribution in [1.29, 1.82) is 0 Å². The minimum absolute atomic E-state index is 0.290. The van der Waals surface area contributed by atoms with E-state index < -0.39 is 12.0 Å². The van der Waals surface area contributed by atoms with E-state index in [0.29, 0.717) is 12.2 Å². The van der Waals surface area contributed by atoms with Gasteiger partial charge >= 0.3 is 5.97 Å². The van der Waals surface area contributed by atoms with E-state index in [9.17, 15) is 9.59 Å². The van der Waals surface area contributed by atoms with Crippen LogP contribution in [0.15, 0.2) is 18.2 Å². The van der Waals surface area contributed by atoms with Gasteiger partial charge in [0.15, 0.2) is 6.04 Å². The van der Waals surface area contributed by atoms with Gasteiger partial charge in [-0.15, -0.1) is 0 Å². The highest BCUT2D eigenvalue weighted by Crippen LogP contribution is 2.23. The van der Waals surface area contributed by atoms with Crippen LogP contribution in [0.5, 0.6) is 5.75 Å². The predicted molar refractivity (Wildman–Crippen MR) is 70.9 cm³/mol. The molecule has 19 heavy (non-hydrogen) atoms. The van der Waals surface area contributed by atoms with Crippen LogP contribution in [-0.2, 0) is 14.3 Å². The second kappa shape index (κ2) is 6.78. The zero-order chi connectivity index (χ0) is 14.4. The highest BCUT2D eigenvalue weighted by molar-refractivity contribution is 5.84. The lowest BCUT2D eigenvalue weighted by atomic mass is 10.0. The van der Waals surface area contributed by atoms with Crippen molar-refractivity contribution in [2.45, 2.75) is 26.8 Å². The summed E-state index contributed by atoms with van der Waals surface area (Å²) in [5, 5.41) is 2.57. The number of carbonyl (C=O) groups is 2. The molecule has 1 rings (SSSR count). The minimum atomic E-state index is -0.795. The SMILES string of the molecule is CCOc1ccc(C(NC(C)=O)C(=O)OC)cc1C. The van der Waals surface area contributed by atoms with E-state index in [1.165, 1.54) is 14.0 Å². The summed E-state index contributed by atoms with van der Waals surface area (Å²) in [5.74, 6) is -0.0293. The molecule has 0 aliphatic carbocycles. The van der Waals surface area contributed by atoms with Crippen molar-refractivity contribution in [3.8, 4) is 5.75 Å². The fourth-order valence-corrected chi connectivity index (χ4v) is 1.77. The number of aryl methyl sites for hydroxylation is 1. The van der Waals surface area contributed by atoms with E-state index in [-0.39, 0.29) is 5.91 Å². The number of esters is 1. The highest BCUT2D eigenvalue weighted by Gasteiger charge is 2.22. The standard InChI is InChI=1S/C14H19NO4/c1-5-19-12-7-6-11(8-9(12)2)13(14(17)18-4)15-10(3)16/h6-8,13H,5H2,1-4H3,(H,15,16). The summed E-state index contributed by atoms with van der Waals surface area (Å²) in [7, 11) is 1.29. The van der Waals surface area contributed by atoms with Crippen LogP contribution in [-0.4, -0.2) is 25.6 Å². The maximum Gasteiger partial charge on any atom is 0.333 e. The van der Waals surface area contributed by atoms with Crippen LogP contribution in [0.25, 0.3) is 0 Å². The molecule has 0 spiro atoms.